The molecule has 1 aromatic rings. The highest BCUT2D eigenvalue weighted by Gasteiger charge is 2.02. The van der Waals surface area contributed by atoms with E-state index in [1.54, 1.807) is 25.3 Å². The Bertz CT molecular complexity index is 258. The fraction of sp³-hybridized carbons (Fsp3) is 0.333. The lowest BCUT2D eigenvalue weighted by Crippen LogP contribution is -2.14. The van der Waals surface area contributed by atoms with Crippen LogP contribution >= 0.6 is 0 Å². The van der Waals surface area contributed by atoms with Gasteiger partial charge < -0.3 is 5.73 Å². The fourth-order valence-electron chi connectivity index (χ4n) is 0.744. The van der Waals surface area contributed by atoms with Crippen LogP contribution in [-0.4, -0.2) is 10.9 Å². The first-order valence-electron chi connectivity index (χ1n) is 3.93. The van der Waals surface area contributed by atoms with Crippen LogP contribution in [0, 0.1) is 6.92 Å². The van der Waals surface area contributed by atoms with Gasteiger partial charge in [0.2, 0.25) is 0 Å². The Morgan fingerprint density at radius 1 is 1.50 bits per heavy atom. The van der Waals surface area contributed by atoms with Gasteiger partial charge in [0.15, 0.2) is 0 Å². The van der Waals surface area contributed by atoms with Crippen molar-refractivity contribution in [1.82, 2.24) is 4.98 Å². The zero-order valence-corrected chi connectivity index (χ0v) is 7.66. The summed E-state index contributed by atoms with van der Waals surface area (Å²) in [6.45, 7) is 5.80. The molecular formula is C9H14N2O. The van der Waals surface area contributed by atoms with Gasteiger partial charge >= 0.3 is 0 Å². The standard InChI is InChI=1S/C7H8N2O.C2H6/c1-5-3-2-4-9-6(5)7(8)10;1-2/h2-4H,1H3,(H2,8,10);1-2H3. The van der Waals surface area contributed by atoms with Crippen LogP contribution in [-0.2, 0) is 0 Å². The van der Waals surface area contributed by atoms with Gasteiger partial charge in [-0.05, 0) is 18.6 Å². The Kier molecular flexibility index (Phi) is 4.69. The van der Waals surface area contributed by atoms with Crippen molar-refractivity contribution < 1.29 is 4.79 Å². The van der Waals surface area contributed by atoms with E-state index in [0.29, 0.717) is 5.69 Å². The lowest BCUT2D eigenvalue weighted by molar-refractivity contribution is 0.0995. The van der Waals surface area contributed by atoms with Crippen LogP contribution in [0.4, 0.5) is 0 Å². The van der Waals surface area contributed by atoms with Gasteiger partial charge in [0, 0.05) is 6.20 Å². The van der Waals surface area contributed by atoms with Crippen LogP contribution in [0.25, 0.3) is 0 Å². The van der Waals surface area contributed by atoms with E-state index in [1.807, 2.05) is 13.8 Å². The second-order valence-corrected chi connectivity index (χ2v) is 2.03. The molecule has 12 heavy (non-hydrogen) atoms. The number of carbonyl (C=O) groups excluding carboxylic acids is 1. The largest absolute Gasteiger partial charge is 0.364 e. The van der Waals surface area contributed by atoms with Gasteiger partial charge in [0.05, 0.1) is 0 Å². The Balaban J connectivity index is 0.000000561. The molecule has 66 valence electrons. The van der Waals surface area contributed by atoms with Crippen LogP contribution in [0.15, 0.2) is 18.3 Å². The van der Waals surface area contributed by atoms with Crippen molar-refractivity contribution in [1.29, 1.82) is 0 Å². The van der Waals surface area contributed by atoms with E-state index in [0.717, 1.165) is 5.56 Å². The maximum atomic E-state index is 10.6. The van der Waals surface area contributed by atoms with Crippen molar-refractivity contribution in [2.45, 2.75) is 20.8 Å². The quantitative estimate of drug-likeness (QED) is 0.687. The normalized spacial score (nSPS) is 8.25. The molecule has 1 rings (SSSR count). The van der Waals surface area contributed by atoms with Crippen molar-refractivity contribution >= 4 is 5.91 Å². The van der Waals surface area contributed by atoms with Gasteiger partial charge in [-0.15, -0.1) is 0 Å². The van der Waals surface area contributed by atoms with Crippen LogP contribution < -0.4 is 5.73 Å². The number of carbonyl (C=O) groups is 1. The first-order chi connectivity index (χ1) is 5.72. The summed E-state index contributed by atoms with van der Waals surface area (Å²) in [5, 5.41) is 0. The van der Waals surface area contributed by atoms with Gasteiger partial charge in [-0.2, -0.15) is 0 Å². The van der Waals surface area contributed by atoms with Crippen LogP contribution in [0.5, 0.6) is 0 Å². The molecule has 0 saturated carbocycles. The maximum Gasteiger partial charge on any atom is 0.267 e. The zero-order chi connectivity index (χ0) is 9.56. The first kappa shape index (κ1) is 10.6. The van der Waals surface area contributed by atoms with Gasteiger partial charge in [0.1, 0.15) is 5.69 Å². The molecule has 0 spiro atoms. The van der Waals surface area contributed by atoms with Crippen molar-refractivity contribution in [3.8, 4) is 0 Å². The topological polar surface area (TPSA) is 56.0 Å². The Morgan fingerprint density at radius 3 is 2.42 bits per heavy atom. The molecule has 0 radical (unpaired) electrons. The first-order valence-corrected chi connectivity index (χ1v) is 3.93. The summed E-state index contributed by atoms with van der Waals surface area (Å²) in [5.74, 6) is -0.474. The van der Waals surface area contributed by atoms with Crippen molar-refractivity contribution in [2.24, 2.45) is 5.73 Å². The summed E-state index contributed by atoms with van der Waals surface area (Å²) in [6, 6.07) is 3.56. The second kappa shape index (κ2) is 5.29. The third kappa shape index (κ3) is 2.70. The minimum absolute atomic E-state index is 0.350. The molecule has 3 nitrogen and oxygen atoms in total. The van der Waals surface area contributed by atoms with Gasteiger partial charge in [-0.3, -0.25) is 9.78 Å². The number of rotatable bonds is 1. The molecule has 1 amide bonds. The Hall–Kier alpha value is -1.38. The number of primary amides is 1. The summed E-state index contributed by atoms with van der Waals surface area (Å²) in [5.41, 5.74) is 6.18. The predicted octanol–water partition coefficient (Wildman–Crippen LogP) is 1.52. The lowest BCUT2D eigenvalue weighted by Gasteiger charge is -1.96. The molecule has 2 N–H and O–H groups in total. The average Bonchev–Trinajstić information content (AvgIpc) is 2.08. The molecule has 1 heterocycles. The smallest absolute Gasteiger partial charge is 0.267 e. The highest BCUT2D eigenvalue weighted by molar-refractivity contribution is 5.92. The SMILES string of the molecule is CC.Cc1cccnc1C(N)=O. The molecule has 0 aliphatic heterocycles. The predicted molar refractivity (Wildman–Crippen MR) is 48.8 cm³/mol. The number of hydrogen-bond acceptors (Lipinski definition) is 2. The van der Waals surface area contributed by atoms with E-state index in [2.05, 4.69) is 4.98 Å². The third-order valence-corrected chi connectivity index (χ3v) is 1.24. The van der Waals surface area contributed by atoms with E-state index in [9.17, 15) is 4.79 Å². The second-order valence-electron chi connectivity index (χ2n) is 2.03. The number of hydrogen-bond donors (Lipinski definition) is 1. The number of aryl methyl sites for hydroxylation is 1. The van der Waals surface area contributed by atoms with E-state index in [1.165, 1.54) is 0 Å². The fourth-order valence-corrected chi connectivity index (χ4v) is 0.744. The molecule has 0 fully saturated rings. The van der Waals surface area contributed by atoms with Crippen molar-refractivity contribution in [3.63, 3.8) is 0 Å². The van der Waals surface area contributed by atoms with Crippen LogP contribution in [0.2, 0.25) is 0 Å². The maximum absolute atomic E-state index is 10.6. The average molecular weight is 166 g/mol. The highest BCUT2D eigenvalue weighted by Crippen LogP contribution is 2.00. The molecule has 0 atom stereocenters. The summed E-state index contributed by atoms with van der Waals surface area (Å²) in [4.78, 5) is 14.4. The highest BCUT2D eigenvalue weighted by atomic mass is 16.1. The summed E-state index contributed by atoms with van der Waals surface area (Å²) in [7, 11) is 0. The van der Waals surface area contributed by atoms with Gasteiger partial charge in [-0.25, -0.2) is 0 Å². The number of nitrogens with zero attached hydrogens (tertiary/aromatic N) is 1. The van der Waals surface area contributed by atoms with Crippen molar-refractivity contribution in [3.05, 3.63) is 29.6 Å². The van der Waals surface area contributed by atoms with E-state index in [4.69, 9.17) is 5.73 Å². The zero-order valence-electron chi connectivity index (χ0n) is 7.66. The monoisotopic (exact) mass is 166 g/mol. The molecule has 1 aromatic heterocycles. The van der Waals surface area contributed by atoms with Gasteiger partial charge in [0.25, 0.3) is 5.91 Å². The van der Waals surface area contributed by atoms with E-state index >= 15 is 0 Å². The molecule has 0 aromatic carbocycles. The summed E-state index contributed by atoms with van der Waals surface area (Å²) in [6.07, 6.45) is 1.55. The minimum Gasteiger partial charge on any atom is -0.364 e. The van der Waals surface area contributed by atoms with Crippen LogP contribution in [0.3, 0.4) is 0 Å². The number of amides is 1. The molecule has 0 aliphatic carbocycles. The molecule has 0 saturated heterocycles. The number of pyridine rings is 1. The Labute approximate surface area is 72.6 Å². The summed E-state index contributed by atoms with van der Waals surface area (Å²) >= 11 is 0. The molecule has 0 bridgehead atoms. The third-order valence-electron chi connectivity index (χ3n) is 1.24. The van der Waals surface area contributed by atoms with Crippen molar-refractivity contribution in [2.75, 3.05) is 0 Å². The Morgan fingerprint density at radius 2 is 2.08 bits per heavy atom. The molecule has 0 unspecified atom stereocenters. The minimum atomic E-state index is -0.474. The molecular weight excluding hydrogens is 152 g/mol. The van der Waals surface area contributed by atoms with E-state index in [-0.39, 0.29) is 0 Å². The van der Waals surface area contributed by atoms with Gasteiger partial charge in [-0.1, -0.05) is 19.9 Å². The van der Waals surface area contributed by atoms with E-state index < -0.39 is 5.91 Å². The van der Waals surface area contributed by atoms with Crippen LogP contribution in [0.1, 0.15) is 29.9 Å². The lowest BCUT2D eigenvalue weighted by atomic mass is 10.2. The molecule has 0 aliphatic rings. The molecule has 3 heteroatoms. The number of aromatic nitrogens is 1. The summed E-state index contributed by atoms with van der Waals surface area (Å²) < 4.78 is 0. The number of nitrogens with two attached hydrogens (primary N) is 1.